The summed E-state index contributed by atoms with van der Waals surface area (Å²) >= 11 is 5.80. The van der Waals surface area contributed by atoms with Gasteiger partial charge in [0, 0.05) is 6.54 Å². The van der Waals surface area contributed by atoms with Crippen molar-refractivity contribution in [2.75, 3.05) is 18.5 Å². The molecule has 0 atom stereocenters. The molecule has 0 saturated carbocycles. The molecule has 0 spiro atoms. The van der Waals surface area contributed by atoms with Crippen molar-refractivity contribution in [2.45, 2.75) is 13.3 Å². The second-order valence-electron chi connectivity index (χ2n) is 2.70. The van der Waals surface area contributed by atoms with Gasteiger partial charge in [-0.15, -0.1) is 0 Å². The van der Waals surface area contributed by atoms with E-state index in [1.165, 1.54) is 12.5 Å². The van der Waals surface area contributed by atoms with Gasteiger partial charge < -0.3 is 10.1 Å². The van der Waals surface area contributed by atoms with E-state index in [-0.39, 0.29) is 12.4 Å². The van der Waals surface area contributed by atoms with Crippen molar-refractivity contribution in [3.63, 3.8) is 0 Å². The van der Waals surface area contributed by atoms with Gasteiger partial charge >= 0.3 is 5.97 Å². The molecule has 0 unspecified atom stereocenters. The lowest BCUT2D eigenvalue weighted by Crippen LogP contribution is -2.12. The molecule has 1 aromatic heterocycles. The summed E-state index contributed by atoms with van der Waals surface area (Å²) in [6.07, 6.45) is 3.16. The van der Waals surface area contributed by atoms with E-state index in [0.717, 1.165) is 0 Å². The van der Waals surface area contributed by atoms with Crippen LogP contribution in [0.5, 0.6) is 0 Å². The zero-order chi connectivity index (χ0) is 11.1. The maximum atomic E-state index is 11.0. The standard InChI is InChI=1S/C9H12ClN3O2/c1-2-15-8(14)3-4-12-9-7(10)5-11-6-13-9/h5-6H,2-4H2,1H3,(H,11,12,13). The first-order chi connectivity index (χ1) is 7.24. The first kappa shape index (κ1) is 11.7. The summed E-state index contributed by atoms with van der Waals surface area (Å²) < 4.78 is 4.77. The smallest absolute Gasteiger partial charge is 0.307 e. The van der Waals surface area contributed by atoms with Crippen LogP contribution in [0.25, 0.3) is 0 Å². The molecule has 1 aromatic rings. The van der Waals surface area contributed by atoms with Crippen LogP contribution < -0.4 is 5.32 Å². The third kappa shape index (κ3) is 4.12. The van der Waals surface area contributed by atoms with Crippen LogP contribution in [0.1, 0.15) is 13.3 Å². The molecule has 82 valence electrons. The largest absolute Gasteiger partial charge is 0.466 e. The van der Waals surface area contributed by atoms with Gasteiger partial charge in [0.1, 0.15) is 17.2 Å². The summed E-state index contributed by atoms with van der Waals surface area (Å²) in [5.41, 5.74) is 0. The summed E-state index contributed by atoms with van der Waals surface area (Å²) in [6.45, 7) is 2.61. The third-order valence-corrected chi connectivity index (χ3v) is 1.87. The molecule has 6 heteroatoms. The highest BCUT2D eigenvalue weighted by Crippen LogP contribution is 2.15. The van der Waals surface area contributed by atoms with Crippen molar-refractivity contribution in [1.82, 2.24) is 9.97 Å². The highest BCUT2D eigenvalue weighted by Gasteiger charge is 2.03. The second-order valence-corrected chi connectivity index (χ2v) is 3.11. The number of rotatable bonds is 5. The van der Waals surface area contributed by atoms with Crippen molar-refractivity contribution in [3.8, 4) is 0 Å². The summed E-state index contributed by atoms with van der Waals surface area (Å²) in [4.78, 5) is 18.6. The molecule has 15 heavy (non-hydrogen) atoms. The molecule has 0 aliphatic heterocycles. The SMILES string of the molecule is CCOC(=O)CCNc1ncncc1Cl. The van der Waals surface area contributed by atoms with Crippen LogP contribution in [0.2, 0.25) is 5.02 Å². The minimum atomic E-state index is -0.241. The van der Waals surface area contributed by atoms with Gasteiger partial charge in [0.25, 0.3) is 0 Å². The Balaban J connectivity index is 2.32. The van der Waals surface area contributed by atoms with Crippen molar-refractivity contribution in [3.05, 3.63) is 17.5 Å². The zero-order valence-electron chi connectivity index (χ0n) is 8.36. The Morgan fingerprint density at radius 1 is 1.67 bits per heavy atom. The number of esters is 1. The van der Waals surface area contributed by atoms with Gasteiger partial charge in [-0.05, 0) is 6.92 Å². The van der Waals surface area contributed by atoms with Crippen LogP contribution in [-0.2, 0) is 9.53 Å². The highest BCUT2D eigenvalue weighted by molar-refractivity contribution is 6.32. The Morgan fingerprint density at radius 3 is 3.13 bits per heavy atom. The number of halogens is 1. The number of ether oxygens (including phenoxy) is 1. The molecule has 0 saturated heterocycles. The molecule has 0 amide bonds. The fourth-order valence-electron chi connectivity index (χ4n) is 0.959. The van der Waals surface area contributed by atoms with Gasteiger partial charge in [-0.3, -0.25) is 4.79 Å². The minimum Gasteiger partial charge on any atom is -0.466 e. The number of nitrogens with one attached hydrogen (secondary N) is 1. The van der Waals surface area contributed by atoms with Gasteiger partial charge in [0.15, 0.2) is 0 Å². The molecular formula is C9H12ClN3O2. The predicted octanol–water partition coefficient (Wildman–Crippen LogP) is 1.50. The van der Waals surface area contributed by atoms with Gasteiger partial charge in [0.2, 0.25) is 0 Å². The van der Waals surface area contributed by atoms with Crippen LogP contribution in [0.15, 0.2) is 12.5 Å². The first-order valence-corrected chi connectivity index (χ1v) is 4.96. The monoisotopic (exact) mass is 229 g/mol. The van der Waals surface area contributed by atoms with Gasteiger partial charge in [-0.25, -0.2) is 9.97 Å². The van der Waals surface area contributed by atoms with E-state index in [1.807, 2.05) is 0 Å². The Kier molecular flexibility index (Phi) is 4.83. The van der Waals surface area contributed by atoms with Crippen molar-refractivity contribution >= 4 is 23.4 Å². The average Bonchev–Trinajstić information content (AvgIpc) is 2.21. The van der Waals surface area contributed by atoms with E-state index in [0.29, 0.717) is 24.0 Å². The normalized spacial score (nSPS) is 9.73. The predicted molar refractivity (Wildman–Crippen MR) is 56.8 cm³/mol. The lowest BCUT2D eigenvalue weighted by molar-refractivity contribution is -0.142. The number of aromatic nitrogens is 2. The first-order valence-electron chi connectivity index (χ1n) is 4.59. The molecule has 0 aliphatic rings. The van der Waals surface area contributed by atoms with Gasteiger partial charge in [0.05, 0.1) is 19.2 Å². The lowest BCUT2D eigenvalue weighted by atomic mass is 10.4. The quantitative estimate of drug-likeness (QED) is 0.776. The molecular weight excluding hydrogens is 218 g/mol. The van der Waals surface area contributed by atoms with E-state index in [1.54, 1.807) is 6.92 Å². The van der Waals surface area contributed by atoms with Crippen molar-refractivity contribution in [1.29, 1.82) is 0 Å². The second kappa shape index (κ2) is 6.19. The number of nitrogens with zero attached hydrogens (tertiary/aromatic N) is 2. The molecule has 0 fully saturated rings. The maximum absolute atomic E-state index is 11.0. The van der Waals surface area contributed by atoms with Crippen LogP contribution in [0, 0.1) is 0 Å². The summed E-state index contributed by atoms with van der Waals surface area (Å²) in [7, 11) is 0. The summed E-state index contributed by atoms with van der Waals surface area (Å²) in [6, 6.07) is 0. The average molecular weight is 230 g/mol. The number of hydrogen-bond donors (Lipinski definition) is 1. The minimum absolute atomic E-state index is 0.241. The van der Waals surface area contributed by atoms with Crippen molar-refractivity contribution in [2.24, 2.45) is 0 Å². The van der Waals surface area contributed by atoms with Gasteiger partial charge in [-0.2, -0.15) is 0 Å². The Morgan fingerprint density at radius 2 is 2.47 bits per heavy atom. The van der Waals surface area contributed by atoms with E-state index < -0.39 is 0 Å². The summed E-state index contributed by atoms with van der Waals surface area (Å²) in [5.74, 6) is 0.283. The van der Waals surface area contributed by atoms with E-state index in [4.69, 9.17) is 16.3 Å². The molecule has 5 nitrogen and oxygen atoms in total. The molecule has 1 rings (SSSR count). The molecule has 1 N–H and O–H groups in total. The molecule has 0 bridgehead atoms. The molecule has 1 heterocycles. The number of carbonyl (C=O) groups is 1. The van der Waals surface area contributed by atoms with Crippen LogP contribution in [0.4, 0.5) is 5.82 Å². The van der Waals surface area contributed by atoms with E-state index in [9.17, 15) is 4.79 Å². The van der Waals surface area contributed by atoms with E-state index in [2.05, 4.69) is 15.3 Å². The van der Waals surface area contributed by atoms with Crippen LogP contribution in [-0.4, -0.2) is 29.1 Å². The van der Waals surface area contributed by atoms with E-state index >= 15 is 0 Å². The summed E-state index contributed by atoms with van der Waals surface area (Å²) in [5, 5.41) is 3.35. The van der Waals surface area contributed by atoms with Crippen molar-refractivity contribution < 1.29 is 9.53 Å². The number of anilines is 1. The molecule has 0 radical (unpaired) electrons. The number of hydrogen-bond acceptors (Lipinski definition) is 5. The van der Waals surface area contributed by atoms with Crippen LogP contribution in [0.3, 0.4) is 0 Å². The maximum Gasteiger partial charge on any atom is 0.307 e. The Hall–Kier alpha value is -1.36. The lowest BCUT2D eigenvalue weighted by Gasteiger charge is -2.05. The topological polar surface area (TPSA) is 64.1 Å². The fraction of sp³-hybridized carbons (Fsp3) is 0.444. The third-order valence-electron chi connectivity index (χ3n) is 1.59. The van der Waals surface area contributed by atoms with Gasteiger partial charge in [-0.1, -0.05) is 11.6 Å². The Labute approximate surface area is 92.8 Å². The number of carbonyl (C=O) groups excluding carboxylic acids is 1. The fourth-order valence-corrected chi connectivity index (χ4v) is 1.13. The van der Waals surface area contributed by atoms with Crippen LogP contribution >= 0.6 is 11.6 Å². The molecule has 0 aromatic carbocycles. The molecule has 0 aliphatic carbocycles. The highest BCUT2D eigenvalue weighted by atomic mass is 35.5. The Bertz CT molecular complexity index is 333. The zero-order valence-corrected chi connectivity index (χ0v) is 9.12.